The molecule has 0 aliphatic heterocycles. The Balaban J connectivity index is 2.17. The highest BCUT2D eigenvalue weighted by atomic mass is 19.4. The van der Waals surface area contributed by atoms with Crippen molar-refractivity contribution < 1.29 is 23.1 Å². The van der Waals surface area contributed by atoms with Crippen LogP contribution in [0.3, 0.4) is 0 Å². The number of oxime groups is 1. The highest BCUT2D eigenvalue weighted by molar-refractivity contribution is 6.01. The van der Waals surface area contributed by atoms with Crippen LogP contribution >= 0.6 is 0 Å². The Bertz CT molecular complexity index is 780. The predicted molar refractivity (Wildman–Crippen MR) is 81.0 cm³/mol. The van der Waals surface area contributed by atoms with E-state index in [1.165, 1.54) is 12.1 Å². The van der Waals surface area contributed by atoms with Gasteiger partial charge in [-0.25, -0.2) is 0 Å². The lowest BCUT2D eigenvalue weighted by Crippen LogP contribution is -2.11. The van der Waals surface area contributed by atoms with Crippen molar-refractivity contribution in [1.82, 2.24) is 0 Å². The minimum Gasteiger partial charge on any atom is -0.391 e. The molecule has 2 aromatic rings. The smallest absolute Gasteiger partial charge is 0.391 e. The largest absolute Gasteiger partial charge is 0.416 e. The normalized spacial score (nSPS) is 11.9. The molecule has 0 radical (unpaired) electrons. The van der Waals surface area contributed by atoms with Crippen LogP contribution < -0.4 is 0 Å². The third-order valence-electron chi connectivity index (χ3n) is 3.21. The molecule has 4 nitrogen and oxygen atoms in total. The summed E-state index contributed by atoms with van der Waals surface area (Å²) in [5.41, 5.74) is 0.245. The molecule has 124 valence electrons. The number of benzene rings is 2. The molecule has 1 N–H and O–H groups in total. The number of halogens is 3. The van der Waals surface area contributed by atoms with E-state index in [4.69, 9.17) is 10.1 Å². The van der Waals surface area contributed by atoms with Crippen molar-refractivity contribution in [3.05, 3.63) is 70.8 Å². The fraction of sp³-hybridized carbons (Fsp3) is 0.176. The molecule has 0 aliphatic carbocycles. The molecule has 24 heavy (non-hydrogen) atoms. The van der Waals surface area contributed by atoms with Crippen molar-refractivity contribution in [3.63, 3.8) is 0 Å². The number of alkyl halides is 3. The van der Waals surface area contributed by atoms with Crippen molar-refractivity contribution in [2.45, 2.75) is 12.8 Å². The molecule has 0 unspecified atom stereocenters. The summed E-state index contributed by atoms with van der Waals surface area (Å²) in [5.74, 6) is 0. The molecule has 2 aromatic carbocycles. The third kappa shape index (κ3) is 4.33. The van der Waals surface area contributed by atoms with Gasteiger partial charge in [-0.15, -0.1) is 0 Å². The van der Waals surface area contributed by atoms with Gasteiger partial charge in [-0.05, 0) is 18.2 Å². The number of hydrogen-bond donors (Lipinski definition) is 1. The van der Waals surface area contributed by atoms with Crippen LogP contribution in [-0.4, -0.2) is 17.4 Å². The zero-order valence-electron chi connectivity index (χ0n) is 12.4. The molecule has 0 bridgehead atoms. The molecule has 0 fully saturated rings. The van der Waals surface area contributed by atoms with Crippen LogP contribution in [-0.2, 0) is 17.6 Å². The lowest BCUT2D eigenvalue weighted by molar-refractivity contribution is -0.137. The van der Waals surface area contributed by atoms with Crippen LogP contribution in [0, 0.1) is 11.3 Å². The minimum absolute atomic E-state index is 0.0319. The molecule has 0 aliphatic rings. The summed E-state index contributed by atoms with van der Waals surface area (Å²) < 4.78 is 38.2. The summed E-state index contributed by atoms with van der Waals surface area (Å²) in [5, 5.41) is 22.0. The van der Waals surface area contributed by atoms with Crippen LogP contribution in [0.1, 0.15) is 22.3 Å². The highest BCUT2D eigenvalue weighted by Crippen LogP contribution is 2.29. The standard InChI is InChI=1S/C17H13F3N2O2/c18-17(19,20)15-7-3-6-12(8-15)16(10-23)22-24-11-14-5-2-1-4-13(14)9-21/h1-8,23H,10-11H2/b22-16+. The van der Waals surface area contributed by atoms with E-state index in [1.54, 1.807) is 24.3 Å². The van der Waals surface area contributed by atoms with Gasteiger partial charge in [-0.3, -0.25) is 0 Å². The third-order valence-corrected chi connectivity index (χ3v) is 3.21. The van der Waals surface area contributed by atoms with Gasteiger partial charge in [0.05, 0.1) is 23.8 Å². The zero-order valence-corrected chi connectivity index (χ0v) is 12.4. The summed E-state index contributed by atoms with van der Waals surface area (Å²) in [4.78, 5) is 5.09. The summed E-state index contributed by atoms with van der Waals surface area (Å²) in [6.45, 7) is -0.618. The quantitative estimate of drug-likeness (QED) is 0.672. The van der Waals surface area contributed by atoms with Crippen LogP contribution in [0.4, 0.5) is 13.2 Å². The van der Waals surface area contributed by atoms with E-state index >= 15 is 0 Å². The number of nitrogens with zero attached hydrogens (tertiary/aromatic N) is 2. The van der Waals surface area contributed by atoms with Gasteiger partial charge >= 0.3 is 6.18 Å². The highest BCUT2D eigenvalue weighted by Gasteiger charge is 2.30. The monoisotopic (exact) mass is 334 g/mol. The summed E-state index contributed by atoms with van der Waals surface area (Å²) in [6, 6.07) is 13.2. The van der Waals surface area contributed by atoms with Crippen molar-refractivity contribution in [2.24, 2.45) is 5.16 Å². The second-order valence-electron chi connectivity index (χ2n) is 4.82. The van der Waals surface area contributed by atoms with Gasteiger partial charge in [-0.1, -0.05) is 35.5 Å². The maximum absolute atomic E-state index is 12.7. The van der Waals surface area contributed by atoms with Gasteiger partial charge in [0.1, 0.15) is 12.3 Å². The summed E-state index contributed by atoms with van der Waals surface area (Å²) in [6.07, 6.45) is -4.48. The molecule has 0 spiro atoms. The van der Waals surface area contributed by atoms with Gasteiger partial charge in [0.15, 0.2) is 0 Å². The second kappa shape index (κ2) is 7.62. The summed E-state index contributed by atoms with van der Waals surface area (Å²) in [7, 11) is 0. The Labute approximate surface area is 136 Å². The Morgan fingerprint density at radius 2 is 1.92 bits per heavy atom. The van der Waals surface area contributed by atoms with Crippen molar-refractivity contribution in [3.8, 4) is 6.07 Å². The molecular weight excluding hydrogens is 321 g/mol. The number of aliphatic hydroxyl groups is 1. The molecule has 0 heterocycles. The van der Waals surface area contributed by atoms with E-state index in [0.29, 0.717) is 11.1 Å². The van der Waals surface area contributed by atoms with Crippen LogP contribution in [0.5, 0.6) is 0 Å². The van der Waals surface area contributed by atoms with Gasteiger partial charge < -0.3 is 9.94 Å². The summed E-state index contributed by atoms with van der Waals surface area (Å²) >= 11 is 0. The first-order chi connectivity index (χ1) is 11.5. The van der Waals surface area contributed by atoms with E-state index in [-0.39, 0.29) is 17.9 Å². The SMILES string of the molecule is N#Cc1ccccc1CO/N=C(\CO)c1cccc(C(F)(F)F)c1. The Kier molecular flexibility index (Phi) is 5.55. The maximum Gasteiger partial charge on any atom is 0.416 e. The van der Waals surface area contributed by atoms with Crippen LogP contribution in [0.2, 0.25) is 0 Å². The fourth-order valence-corrected chi connectivity index (χ4v) is 1.98. The zero-order chi connectivity index (χ0) is 17.6. The van der Waals surface area contributed by atoms with Crippen LogP contribution in [0.15, 0.2) is 53.7 Å². The van der Waals surface area contributed by atoms with Gasteiger partial charge in [0, 0.05) is 11.1 Å². The Morgan fingerprint density at radius 1 is 1.17 bits per heavy atom. The molecule has 0 saturated carbocycles. The Hall–Kier alpha value is -2.85. The minimum atomic E-state index is -4.48. The topological polar surface area (TPSA) is 65.6 Å². The first kappa shape index (κ1) is 17.5. The average Bonchev–Trinajstić information content (AvgIpc) is 2.58. The number of aliphatic hydroxyl groups excluding tert-OH is 1. The van der Waals surface area contributed by atoms with Crippen molar-refractivity contribution in [1.29, 1.82) is 5.26 Å². The predicted octanol–water partition coefficient (Wildman–Crippen LogP) is 3.49. The number of hydrogen-bond acceptors (Lipinski definition) is 4. The second-order valence-corrected chi connectivity index (χ2v) is 4.82. The molecule has 0 saturated heterocycles. The average molecular weight is 334 g/mol. The molecule has 0 atom stereocenters. The van der Waals surface area contributed by atoms with E-state index in [1.807, 2.05) is 6.07 Å². The van der Waals surface area contributed by atoms with Gasteiger partial charge in [0.2, 0.25) is 0 Å². The maximum atomic E-state index is 12.7. The first-order valence-electron chi connectivity index (χ1n) is 6.91. The van der Waals surface area contributed by atoms with Gasteiger partial charge in [-0.2, -0.15) is 18.4 Å². The Morgan fingerprint density at radius 3 is 2.58 bits per heavy atom. The van der Waals surface area contributed by atoms with E-state index < -0.39 is 18.3 Å². The lowest BCUT2D eigenvalue weighted by atomic mass is 10.1. The fourth-order valence-electron chi connectivity index (χ4n) is 1.98. The molecule has 2 rings (SSSR count). The molecule has 7 heteroatoms. The molecular formula is C17H13F3N2O2. The molecule has 0 amide bonds. The first-order valence-corrected chi connectivity index (χ1v) is 6.91. The van der Waals surface area contributed by atoms with E-state index in [2.05, 4.69) is 5.16 Å². The molecule has 0 aromatic heterocycles. The van der Waals surface area contributed by atoms with E-state index in [9.17, 15) is 18.3 Å². The number of rotatable bonds is 5. The number of nitriles is 1. The van der Waals surface area contributed by atoms with E-state index in [0.717, 1.165) is 12.1 Å². The lowest BCUT2D eigenvalue weighted by Gasteiger charge is -2.09. The van der Waals surface area contributed by atoms with Crippen LogP contribution in [0.25, 0.3) is 0 Å². The van der Waals surface area contributed by atoms with Gasteiger partial charge in [0.25, 0.3) is 0 Å². The van der Waals surface area contributed by atoms with Crippen molar-refractivity contribution in [2.75, 3.05) is 6.61 Å². The van der Waals surface area contributed by atoms with Crippen molar-refractivity contribution >= 4 is 5.71 Å².